The van der Waals surface area contributed by atoms with Crippen molar-refractivity contribution in [3.63, 3.8) is 0 Å². The maximum absolute atomic E-state index is 12.7. The number of methoxy groups -OCH3 is 1. The zero-order valence-corrected chi connectivity index (χ0v) is 17.8. The van der Waals surface area contributed by atoms with Gasteiger partial charge in [-0.05, 0) is 44.2 Å². The second-order valence-electron chi connectivity index (χ2n) is 7.22. The minimum atomic E-state index is -0.618. The van der Waals surface area contributed by atoms with Crippen molar-refractivity contribution in [1.82, 2.24) is 0 Å². The van der Waals surface area contributed by atoms with Crippen molar-refractivity contribution < 1.29 is 28.6 Å². The van der Waals surface area contributed by atoms with E-state index in [1.807, 2.05) is 31.2 Å². The Labute approximate surface area is 181 Å². The monoisotopic (exact) mass is 426 g/mol. The number of hydrogen-bond acceptors (Lipinski definition) is 6. The lowest BCUT2D eigenvalue weighted by atomic mass is 10.1. The topological polar surface area (TPSA) is 94.2 Å². The molecule has 3 rings (SSSR count). The van der Waals surface area contributed by atoms with E-state index in [4.69, 9.17) is 9.47 Å². The van der Waals surface area contributed by atoms with Crippen LogP contribution in [-0.4, -0.2) is 44.1 Å². The van der Waals surface area contributed by atoms with Crippen LogP contribution in [0, 0.1) is 6.92 Å². The smallest absolute Gasteiger partial charge is 0.306 e. The van der Waals surface area contributed by atoms with E-state index < -0.39 is 12.1 Å². The van der Waals surface area contributed by atoms with Crippen LogP contribution < -0.4 is 19.7 Å². The van der Waals surface area contributed by atoms with Gasteiger partial charge >= 0.3 is 5.97 Å². The molecular weight excluding hydrogens is 400 g/mol. The van der Waals surface area contributed by atoms with Gasteiger partial charge in [0.15, 0.2) is 6.10 Å². The van der Waals surface area contributed by atoms with Crippen molar-refractivity contribution >= 4 is 29.2 Å². The third-order valence-corrected chi connectivity index (χ3v) is 4.84. The molecule has 2 aromatic rings. The summed E-state index contributed by atoms with van der Waals surface area (Å²) in [6, 6.07) is 12.8. The Balaban J connectivity index is 1.68. The van der Waals surface area contributed by atoms with Gasteiger partial charge in [-0.3, -0.25) is 14.4 Å². The Hall–Kier alpha value is -3.55. The van der Waals surface area contributed by atoms with Gasteiger partial charge in [0.25, 0.3) is 5.91 Å². The number of fused-ring (bicyclic) bond motifs is 1. The highest BCUT2D eigenvalue weighted by atomic mass is 16.5. The van der Waals surface area contributed by atoms with E-state index in [1.54, 1.807) is 30.0 Å². The van der Waals surface area contributed by atoms with Crippen LogP contribution in [0.5, 0.6) is 11.5 Å². The molecule has 1 heterocycles. The van der Waals surface area contributed by atoms with E-state index >= 15 is 0 Å². The van der Waals surface area contributed by atoms with Gasteiger partial charge in [0.05, 0.1) is 25.8 Å². The van der Waals surface area contributed by atoms with Crippen molar-refractivity contribution in [3.05, 3.63) is 48.0 Å². The molecule has 0 saturated heterocycles. The number of anilines is 2. The summed E-state index contributed by atoms with van der Waals surface area (Å²) in [5.41, 5.74) is 2.20. The number of carbonyl (C=O) groups is 3. The number of nitrogens with one attached hydrogen (secondary N) is 1. The fourth-order valence-electron chi connectivity index (χ4n) is 3.15. The van der Waals surface area contributed by atoms with E-state index in [0.29, 0.717) is 30.3 Å². The van der Waals surface area contributed by atoms with Gasteiger partial charge in [-0.25, -0.2) is 0 Å². The molecule has 164 valence electrons. The van der Waals surface area contributed by atoms with Crippen LogP contribution in [0.2, 0.25) is 0 Å². The van der Waals surface area contributed by atoms with E-state index in [1.165, 1.54) is 7.11 Å². The number of hydrogen-bond donors (Lipinski definition) is 1. The minimum absolute atomic E-state index is 0.00429. The molecule has 8 nitrogen and oxygen atoms in total. The highest BCUT2D eigenvalue weighted by molar-refractivity contribution is 6.01. The zero-order chi connectivity index (χ0) is 22.4. The second-order valence-corrected chi connectivity index (χ2v) is 7.22. The summed E-state index contributed by atoms with van der Waals surface area (Å²) in [6.07, 6.45) is -0.619. The minimum Gasteiger partial charge on any atom is -0.492 e. The Kier molecular flexibility index (Phi) is 7.12. The first-order valence-corrected chi connectivity index (χ1v) is 10.1. The summed E-state index contributed by atoms with van der Waals surface area (Å²) in [5.74, 6) is 0.319. The van der Waals surface area contributed by atoms with E-state index in [-0.39, 0.29) is 24.7 Å². The van der Waals surface area contributed by atoms with Gasteiger partial charge in [-0.15, -0.1) is 0 Å². The molecule has 0 aliphatic carbocycles. The highest BCUT2D eigenvalue weighted by Crippen LogP contribution is 2.36. The largest absolute Gasteiger partial charge is 0.492 e. The quantitative estimate of drug-likeness (QED) is 0.652. The Morgan fingerprint density at radius 3 is 2.58 bits per heavy atom. The Morgan fingerprint density at radius 2 is 1.87 bits per heavy atom. The third kappa shape index (κ3) is 5.75. The maximum atomic E-state index is 12.7. The average Bonchev–Trinajstić information content (AvgIpc) is 2.76. The third-order valence-electron chi connectivity index (χ3n) is 4.84. The fourth-order valence-corrected chi connectivity index (χ4v) is 3.15. The van der Waals surface area contributed by atoms with E-state index in [2.05, 4.69) is 10.1 Å². The number of benzene rings is 2. The predicted molar refractivity (Wildman–Crippen MR) is 115 cm³/mol. The van der Waals surface area contributed by atoms with Gasteiger partial charge in [-0.1, -0.05) is 17.7 Å². The second kappa shape index (κ2) is 9.97. The summed E-state index contributed by atoms with van der Waals surface area (Å²) in [4.78, 5) is 37.6. The van der Waals surface area contributed by atoms with Gasteiger partial charge in [0.1, 0.15) is 18.1 Å². The lowest BCUT2D eigenvalue weighted by molar-refractivity contribution is -0.141. The Bertz CT molecular complexity index is 957. The van der Waals surface area contributed by atoms with Crippen molar-refractivity contribution in [2.75, 3.05) is 30.5 Å². The van der Waals surface area contributed by atoms with Crippen molar-refractivity contribution in [2.24, 2.45) is 0 Å². The van der Waals surface area contributed by atoms with Crippen LogP contribution >= 0.6 is 0 Å². The number of ether oxygens (including phenoxy) is 3. The van der Waals surface area contributed by atoms with Gasteiger partial charge in [0, 0.05) is 12.1 Å². The first-order chi connectivity index (χ1) is 14.9. The molecule has 0 spiro atoms. The summed E-state index contributed by atoms with van der Waals surface area (Å²) < 4.78 is 16.0. The number of aryl methyl sites for hydroxylation is 1. The fraction of sp³-hybridized carbons (Fsp3) is 0.348. The number of nitrogens with zero attached hydrogens (tertiary/aromatic N) is 1. The molecule has 8 heteroatoms. The molecule has 1 aliphatic rings. The van der Waals surface area contributed by atoms with Crippen LogP contribution in [0.1, 0.15) is 25.3 Å². The molecule has 1 N–H and O–H groups in total. The molecule has 0 radical (unpaired) electrons. The number of rotatable bonds is 8. The zero-order valence-electron chi connectivity index (χ0n) is 17.8. The summed E-state index contributed by atoms with van der Waals surface area (Å²) in [6.45, 7) is 4.33. The SMILES string of the molecule is COC(=O)CCC(=O)Nc1ccc2c(c1)N(CCOc1ccc(C)cc1)C(=O)C(C)O2. The van der Waals surface area contributed by atoms with Gasteiger partial charge in [0.2, 0.25) is 5.91 Å². The molecular formula is C23H26N2O6. The van der Waals surface area contributed by atoms with Crippen LogP contribution in [0.15, 0.2) is 42.5 Å². The van der Waals surface area contributed by atoms with Gasteiger partial charge in [-0.2, -0.15) is 0 Å². The lowest BCUT2D eigenvalue weighted by Gasteiger charge is -2.33. The molecule has 1 unspecified atom stereocenters. The van der Waals surface area contributed by atoms with Crippen molar-refractivity contribution in [1.29, 1.82) is 0 Å². The molecule has 2 amide bonds. The molecule has 0 bridgehead atoms. The van der Waals surface area contributed by atoms with E-state index in [0.717, 1.165) is 11.3 Å². The molecule has 0 saturated carbocycles. The van der Waals surface area contributed by atoms with Crippen LogP contribution in [0.3, 0.4) is 0 Å². The van der Waals surface area contributed by atoms with Crippen LogP contribution in [-0.2, 0) is 19.1 Å². The Morgan fingerprint density at radius 1 is 1.13 bits per heavy atom. The standard InChI is InChI=1S/C23H26N2O6/c1-15-4-7-18(8-5-15)30-13-12-25-19-14-17(24-21(26)10-11-22(27)29-3)6-9-20(19)31-16(2)23(25)28/h4-9,14,16H,10-13H2,1-3H3,(H,24,26). The predicted octanol–water partition coefficient (Wildman–Crippen LogP) is 3.08. The van der Waals surface area contributed by atoms with Crippen LogP contribution in [0.25, 0.3) is 0 Å². The summed E-state index contributed by atoms with van der Waals surface area (Å²) in [7, 11) is 1.28. The molecule has 1 atom stereocenters. The normalized spacial score (nSPS) is 15.0. The average molecular weight is 426 g/mol. The molecule has 0 fully saturated rings. The summed E-state index contributed by atoms with van der Waals surface area (Å²) >= 11 is 0. The summed E-state index contributed by atoms with van der Waals surface area (Å²) in [5, 5.41) is 2.73. The van der Waals surface area contributed by atoms with E-state index in [9.17, 15) is 14.4 Å². The first-order valence-electron chi connectivity index (χ1n) is 10.1. The first kappa shape index (κ1) is 22.1. The number of amides is 2. The lowest BCUT2D eigenvalue weighted by Crippen LogP contribution is -2.46. The number of carbonyl (C=O) groups excluding carboxylic acids is 3. The molecule has 2 aromatic carbocycles. The maximum Gasteiger partial charge on any atom is 0.306 e. The van der Waals surface area contributed by atoms with Crippen LogP contribution in [0.4, 0.5) is 11.4 Å². The van der Waals surface area contributed by atoms with Crippen molar-refractivity contribution in [3.8, 4) is 11.5 Å². The molecule has 31 heavy (non-hydrogen) atoms. The molecule has 1 aliphatic heterocycles. The van der Waals surface area contributed by atoms with Gasteiger partial charge < -0.3 is 24.4 Å². The number of esters is 1. The highest BCUT2D eigenvalue weighted by Gasteiger charge is 2.31. The van der Waals surface area contributed by atoms with Crippen molar-refractivity contribution in [2.45, 2.75) is 32.8 Å². The molecule has 0 aromatic heterocycles.